The molecule has 2 saturated carbocycles. The predicted octanol–water partition coefficient (Wildman–Crippen LogP) is 2.59. The third-order valence-electron chi connectivity index (χ3n) is 5.49. The van der Waals surface area contributed by atoms with E-state index in [4.69, 9.17) is 0 Å². The fourth-order valence-electron chi connectivity index (χ4n) is 4.35. The standard InChI is InChI=1S/C18H23N3O2S/c1-10-5-16(22)21-18(15(10)8-19)24-9-17(23)20-11(2)14-7-12-3-4-13(14)6-12/h5,11-14H,3-4,6-7,9H2,1-2H3,(H,20,23)(H,21,22)/t11-,12+,13+,14-/m1/s1. The van der Waals surface area contributed by atoms with E-state index in [0.29, 0.717) is 22.1 Å². The number of hydrogen-bond acceptors (Lipinski definition) is 4. The van der Waals surface area contributed by atoms with Gasteiger partial charge in [-0.1, -0.05) is 18.2 Å². The van der Waals surface area contributed by atoms with Crippen molar-refractivity contribution in [1.29, 1.82) is 5.26 Å². The molecule has 1 aromatic rings. The van der Waals surface area contributed by atoms with Gasteiger partial charge in [0.2, 0.25) is 11.5 Å². The maximum Gasteiger partial charge on any atom is 0.249 e. The first-order chi connectivity index (χ1) is 11.5. The van der Waals surface area contributed by atoms with Gasteiger partial charge in [0.25, 0.3) is 0 Å². The lowest BCUT2D eigenvalue weighted by Crippen LogP contribution is -2.40. The quantitative estimate of drug-likeness (QED) is 0.803. The number of pyridine rings is 1. The van der Waals surface area contributed by atoms with Crippen LogP contribution in [0.3, 0.4) is 0 Å². The fourth-order valence-corrected chi connectivity index (χ4v) is 5.23. The first-order valence-corrected chi connectivity index (χ1v) is 9.52. The Bertz CT molecular complexity index is 737. The molecule has 2 aliphatic rings. The predicted molar refractivity (Wildman–Crippen MR) is 93.8 cm³/mol. The Morgan fingerprint density at radius 1 is 1.50 bits per heavy atom. The van der Waals surface area contributed by atoms with Gasteiger partial charge >= 0.3 is 0 Å². The van der Waals surface area contributed by atoms with Crippen LogP contribution in [0.25, 0.3) is 0 Å². The minimum Gasteiger partial charge on any atom is -0.353 e. The van der Waals surface area contributed by atoms with Gasteiger partial charge in [-0.15, -0.1) is 0 Å². The number of H-pyrrole nitrogens is 1. The molecule has 2 aliphatic carbocycles. The van der Waals surface area contributed by atoms with E-state index >= 15 is 0 Å². The molecule has 4 atom stereocenters. The molecule has 6 heteroatoms. The number of amides is 1. The Hall–Kier alpha value is -1.74. The number of aromatic amines is 1. The minimum atomic E-state index is -0.246. The number of thioether (sulfide) groups is 1. The van der Waals surface area contributed by atoms with Crippen molar-refractivity contribution in [2.45, 2.75) is 50.6 Å². The largest absolute Gasteiger partial charge is 0.353 e. The van der Waals surface area contributed by atoms with Crippen molar-refractivity contribution >= 4 is 17.7 Å². The first-order valence-electron chi connectivity index (χ1n) is 8.54. The van der Waals surface area contributed by atoms with E-state index in [1.165, 1.54) is 43.5 Å². The number of rotatable bonds is 5. The summed E-state index contributed by atoms with van der Waals surface area (Å²) in [7, 11) is 0. The summed E-state index contributed by atoms with van der Waals surface area (Å²) in [6.07, 6.45) is 5.23. The van der Waals surface area contributed by atoms with Gasteiger partial charge in [0, 0.05) is 12.1 Å². The molecule has 3 rings (SSSR count). The topological polar surface area (TPSA) is 85.8 Å². The van der Waals surface area contributed by atoms with Gasteiger partial charge in [-0.3, -0.25) is 9.59 Å². The van der Waals surface area contributed by atoms with Crippen LogP contribution < -0.4 is 10.9 Å². The highest BCUT2D eigenvalue weighted by atomic mass is 32.2. The van der Waals surface area contributed by atoms with Crippen LogP contribution in [0.2, 0.25) is 0 Å². The Balaban J connectivity index is 1.56. The van der Waals surface area contributed by atoms with Gasteiger partial charge in [-0.25, -0.2) is 0 Å². The summed E-state index contributed by atoms with van der Waals surface area (Å²) in [5, 5.41) is 12.8. The Kier molecular flexibility index (Phi) is 5.00. The van der Waals surface area contributed by atoms with Crippen molar-refractivity contribution in [2.24, 2.45) is 17.8 Å². The van der Waals surface area contributed by atoms with E-state index in [9.17, 15) is 14.9 Å². The normalized spacial score (nSPS) is 26.1. The van der Waals surface area contributed by atoms with Gasteiger partial charge in [-0.05, 0) is 56.4 Å². The van der Waals surface area contributed by atoms with Crippen LogP contribution >= 0.6 is 11.8 Å². The molecule has 0 radical (unpaired) electrons. The lowest BCUT2D eigenvalue weighted by molar-refractivity contribution is -0.119. The first kappa shape index (κ1) is 17.1. The number of hydrogen-bond donors (Lipinski definition) is 2. The minimum absolute atomic E-state index is 0.0403. The third-order valence-corrected chi connectivity index (χ3v) is 6.49. The lowest BCUT2D eigenvalue weighted by atomic mass is 9.84. The van der Waals surface area contributed by atoms with Crippen LogP contribution in [0.15, 0.2) is 15.9 Å². The zero-order valence-corrected chi connectivity index (χ0v) is 14.9. The molecule has 2 N–H and O–H groups in total. The molecule has 1 aromatic heterocycles. The average molecular weight is 345 g/mol. The van der Waals surface area contributed by atoms with Crippen molar-refractivity contribution in [3.63, 3.8) is 0 Å². The Morgan fingerprint density at radius 3 is 2.92 bits per heavy atom. The maximum atomic E-state index is 12.3. The monoisotopic (exact) mass is 345 g/mol. The fraction of sp³-hybridized carbons (Fsp3) is 0.611. The summed E-state index contributed by atoms with van der Waals surface area (Å²) < 4.78 is 0. The third kappa shape index (κ3) is 3.51. The second-order valence-corrected chi connectivity index (χ2v) is 8.10. The van der Waals surface area contributed by atoms with Crippen LogP contribution in [-0.4, -0.2) is 22.7 Å². The van der Waals surface area contributed by atoms with Crippen LogP contribution in [0.4, 0.5) is 0 Å². The summed E-state index contributed by atoms with van der Waals surface area (Å²) in [4.78, 5) is 26.5. The SMILES string of the molecule is Cc1cc(=O)[nH]c(SCC(=O)N[C@H](C)[C@H]2C[C@H]3CC[C@H]2C3)c1C#N. The number of carbonyl (C=O) groups excluding carboxylic acids is 1. The summed E-state index contributed by atoms with van der Waals surface area (Å²) in [5.41, 5.74) is 0.831. The molecular weight excluding hydrogens is 322 g/mol. The van der Waals surface area contributed by atoms with Gasteiger partial charge in [-0.2, -0.15) is 5.26 Å². The molecule has 5 nitrogen and oxygen atoms in total. The van der Waals surface area contributed by atoms with E-state index in [2.05, 4.69) is 23.3 Å². The van der Waals surface area contributed by atoms with Crippen LogP contribution in [0, 0.1) is 36.0 Å². The van der Waals surface area contributed by atoms with E-state index < -0.39 is 0 Å². The molecule has 2 bridgehead atoms. The number of carbonyl (C=O) groups is 1. The second kappa shape index (κ2) is 7.02. The van der Waals surface area contributed by atoms with E-state index in [1.807, 2.05) is 0 Å². The molecule has 0 unspecified atom stereocenters. The zero-order chi connectivity index (χ0) is 17.3. The molecule has 128 valence electrons. The number of nitriles is 1. The highest BCUT2D eigenvalue weighted by Gasteiger charge is 2.42. The van der Waals surface area contributed by atoms with E-state index in [1.54, 1.807) is 6.92 Å². The van der Waals surface area contributed by atoms with Gasteiger partial charge in [0.15, 0.2) is 0 Å². The van der Waals surface area contributed by atoms with E-state index in [0.717, 1.165) is 11.8 Å². The van der Waals surface area contributed by atoms with Crippen molar-refractivity contribution in [1.82, 2.24) is 10.3 Å². The lowest BCUT2D eigenvalue weighted by Gasteiger charge is -2.28. The molecule has 2 fully saturated rings. The molecule has 1 amide bonds. The van der Waals surface area contributed by atoms with Crippen molar-refractivity contribution < 1.29 is 4.79 Å². The maximum absolute atomic E-state index is 12.3. The smallest absolute Gasteiger partial charge is 0.249 e. The number of fused-ring (bicyclic) bond motifs is 2. The van der Waals surface area contributed by atoms with Crippen molar-refractivity contribution in [3.8, 4) is 6.07 Å². The number of aromatic nitrogens is 1. The second-order valence-electron chi connectivity index (χ2n) is 7.12. The zero-order valence-electron chi connectivity index (χ0n) is 14.1. The molecule has 0 aliphatic heterocycles. The summed E-state index contributed by atoms with van der Waals surface area (Å²) >= 11 is 1.22. The number of aryl methyl sites for hydroxylation is 1. The number of nitrogens with zero attached hydrogens (tertiary/aromatic N) is 1. The highest BCUT2D eigenvalue weighted by Crippen LogP contribution is 2.49. The Morgan fingerprint density at radius 2 is 2.29 bits per heavy atom. The molecule has 0 aromatic carbocycles. The highest BCUT2D eigenvalue weighted by molar-refractivity contribution is 8.00. The van der Waals surface area contributed by atoms with Gasteiger partial charge < -0.3 is 10.3 Å². The summed E-state index contributed by atoms with van der Waals surface area (Å²) in [6.45, 7) is 3.83. The molecule has 24 heavy (non-hydrogen) atoms. The molecule has 0 spiro atoms. The van der Waals surface area contributed by atoms with Gasteiger partial charge in [0.05, 0.1) is 16.3 Å². The molecule has 1 heterocycles. The van der Waals surface area contributed by atoms with Gasteiger partial charge in [0.1, 0.15) is 6.07 Å². The Labute approximate surface area is 146 Å². The molecular formula is C18H23N3O2S. The average Bonchev–Trinajstić information content (AvgIpc) is 3.15. The van der Waals surface area contributed by atoms with E-state index in [-0.39, 0.29) is 23.3 Å². The van der Waals surface area contributed by atoms with Crippen LogP contribution in [-0.2, 0) is 4.79 Å². The number of nitrogens with one attached hydrogen (secondary N) is 2. The summed E-state index contributed by atoms with van der Waals surface area (Å²) in [5.74, 6) is 2.41. The van der Waals surface area contributed by atoms with Crippen LogP contribution in [0.5, 0.6) is 0 Å². The van der Waals surface area contributed by atoms with Crippen molar-refractivity contribution in [2.75, 3.05) is 5.75 Å². The van der Waals surface area contributed by atoms with Crippen LogP contribution in [0.1, 0.15) is 43.7 Å². The van der Waals surface area contributed by atoms with Crippen molar-refractivity contribution in [3.05, 3.63) is 27.5 Å². The molecule has 0 saturated heterocycles. The summed E-state index contributed by atoms with van der Waals surface area (Å²) in [6, 6.07) is 3.69.